The number of halogens is 2. The third-order valence-corrected chi connectivity index (χ3v) is 7.71. The van der Waals surface area contributed by atoms with Crippen LogP contribution in [0.1, 0.15) is 57.4 Å². The van der Waals surface area contributed by atoms with E-state index < -0.39 is 0 Å². The zero-order valence-corrected chi connectivity index (χ0v) is 20.8. The molecular weight excluding hydrogens is 489 g/mol. The van der Waals surface area contributed by atoms with Crippen molar-refractivity contribution in [2.45, 2.75) is 69.6 Å². The van der Waals surface area contributed by atoms with Gasteiger partial charge < -0.3 is 21.5 Å². The van der Waals surface area contributed by atoms with Crippen LogP contribution < -0.4 is 16.4 Å². The lowest BCUT2D eigenvalue weighted by Crippen LogP contribution is -2.30. The fourth-order valence-electron chi connectivity index (χ4n) is 5.22. The minimum Gasteiger partial charge on any atom is -0.393 e. The highest BCUT2D eigenvalue weighted by Gasteiger charge is 2.30. The van der Waals surface area contributed by atoms with Crippen molar-refractivity contribution in [2.24, 2.45) is 11.7 Å². The Kier molecular flexibility index (Phi) is 7.00. The van der Waals surface area contributed by atoms with E-state index in [4.69, 9.17) is 38.9 Å². The normalized spacial score (nSPS) is 24.9. The van der Waals surface area contributed by atoms with Crippen molar-refractivity contribution in [2.75, 3.05) is 10.6 Å². The predicted octanol–water partition coefficient (Wildman–Crippen LogP) is 4.81. The highest BCUT2D eigenvalue weighted by atomic mass is 35.5. The molecule has 11 heteroatoms. The number of nitrogens with zero attached hydrogens (tertiary/aromatic N) is 4. The molecule has 3 aromatic rings. The smallest absolute Gasteiger partial charge is 0.224 e. The van der Waals surface area contributed by atoms with Gasteiger partial charge in [0.2, 0.25) is 17.8 Å². The van der Waals surface area contributed by atoms with E-state index in [1.807, 2.05) is 0 Å². The van der Waals surface area contributed by atoms with Crippen LogP contribution in [0, 0.1) is 5.92 Å². The van der Waals surface area contributed by atoms with Gasteiger partial charge in [0.05, 0.1) is 28.0 Å². The number of aliphatic hydroxyl groups is 1. The summed E-state index contributed by atoms with van der Waals surface area (Å²) in [4.78, 5) is 25.8. The van der Waals surface area contributed by atoms with Gasteiger partial charge in [-0.25, -0.2) is 9.97 Å². The Labute approximate surface area is 213 Å². The van der Waals surface area contributed by atoms with E-state index in [0.717, 1.165) is 32.1 Å². The first-order chi connectivity index (χ1) is 16.9. The number of amides is 1. The molecule has 2 aliphatic carbocycles. The lowest BCUT2D eigenvalue weighted by molar-refractivity contribution is -0.122. The maximum Gasteiger partial charge on any atom is 0.224 e. The van der Waals surface area contributed by atoms with Crippen LogP contribution in [0.5, 0.6) is 0 Å². The van der Waals surface area contributed by atoms with Crippen molar-refractivity contribution in [1.82, 2.24) is 19.5 Å². The molecule has 35 heavy (non-hydrogen) atoms. The second-order valence-corrected chi connectivity index (χ2v) is 10.3. The number of benzene rings is 1. The van der Waals surface area contributed by atoms with Gasteiger partial charge in [0.15, 0.2) is 5.65 Å². The van der Waals surface area contributed by atoms with E-state index in [0.29, 0.717) is 58.1 Å². The zero-order valence-electron chi connectivity index (χ0n) is 19.3. The van der Waals surface area contributed by atoms with E-state index in [2.05, 4.69) is 20.2 Å². The Balaban J connectivity index is 1.51. The summed E-state index contributed by atoms with van der Waals surface area (Å²) < 4.78 is 2.06. The monoisotopic (exact) mass is 517 g/mol. The van der Waals surface area contributed by atoms with E-state index in [1.165, 1.54) is 0 Å². The Morgan fingerprint density at radius 1 is 1.09 bits per heavy atom. The number of aliphatic hydroxyl groups excluding tert-OH is 1. The van der Waals surface area contributed by atoms with E-state index in [1.54, 1.807) is 24.4 Å². The minimum absolute atomic E-state index is 0.0682. The van der Waals surface area contributed by atoms with E-state index >= 15 is 0 Å². The average Bonchev–Trinajstić information content (AvgIpc) is 3.19. The molecular formula is C24H29Cl2N7O2. The summed E-state index contributed by atoms with van der Waals surface area (Å²) in [7, 11) is 0. The fourth-order valence-corrected chi connectivity index (χ4v) is 5.71. The summed E-state index contributed by atoms with van der Waals surface area (Å²) in [6.07, 6.45) is 7.80. The van der Waals surface area contributed by atoms with Gasteiger partial charge in [-0.15, -0.1) is 0 Å². The van der Waals surface area contributed by atoms with Crippen molar-refractivity contribution in [1.29, 1.82) is 0 Å². The van der Waals surface area contributed by atoms with Crippen LogP contribution in [0.25, 0.3) is 11.2 Å². The predicted molar refractivity (Wildman–Crippen MR) is 137 cm³/mol. The molecule has 0 unspecified atom stereocenters. The Hall–Kier alpha value is -2.62. The van der Waals surface area contributed by atoms with Crippen LogP contribution >= 0.6 is 23.2 Å². The van der Waals surface area contributed by atoms with Crippen LogP contribution in [0.2, 0.25) is 10.0 Å². The maximum absolute atomic E-state index is 11.7. The number of hydrogen-bond donors (Lipinski definition) is 4. The Morgan fingerprint density at radius 3 is 2.51 bits per heavy atom. The number of rotatable bonds is 6. The van der Waals surface area contributed by atoms with Crippen molar-refractivity contribution < 1.29 is 9.90 Å². The van der Waals surface area contributed by atoms with Gasteiger partial charge in [-0.1, -0.05) is 29.3 Å². The number of nitrogens with two attached hydrogens (primary N) is 1. The molecule has 0 aliphatic heterocycles. The molecule has 0 spiro atoms. The van der Waals surface area contributed by atoms with Crippen LogP contribution in [0.4, 0.5) is 17.6 Å². The first kappa shape index (κ1) is 24.1. The number of hydrogen-bond acceptors (Lipinski definition) is 7. The number of para-hydroxylation sites is 1. The first-order valence-electron chi connectivity index (χ1n) is 12.1. The summed E-state index contributed by atoms with van der Waals surface area (Å²) in [5.41, 5.74) is 7.46. The van der Waals surface area contributed by atoms with Crippen molar-refractivity contribution in [3.8, 4) is 0 Å². The lowest BCUT2D eigenvalue weighted by Gasteiger charge is -2.29. The van der Waals surface area contributed by atoms with E-state index in [-0.39, 0.29) is 30.0 Å². The van der Waals surface area contributed by atoms with Gasteiger partial charge in [-0.2, -0.15) is 4.98 Å². The number of anilines is 3. The summed E-state index contributed by atoms with van der Waals surface area (Å²) >= 11 is 12.8. The number of carbonyl (C=O) groups excluding carboxylic acids is 1. The van der Waals surface area contributed by atoms with Crippen LogP contribution in [-0.2, 0) is 4.79 Å². The van der Waals surface area contributed by atoms with Crippen LogP contribution in [0.15, 0.2) is 24.4 Å². The fraction of sp³-hybridized carbons (Fsp3) is 0.500. The van der Waals surface area contributed by atoms with Gasteiger partial charge in [-0.3, -0.25) is 9.36 Å². The molecule has 5 N–H and O–H groups in total. The molecule has 0 saturated heterocycles. The number of imidazole rings is 1. The van der Waals surface area contributed by atoms with Gasteiger partial charge in [0, 0.05) is 18.0 Å². The van der Waals surface area contributed by atoms with Crippen molar-refractivity contribution >= 4 is 57.9 Å². The zero-order chi connectivity index (χ0) is 24.5. The molecule has 2 atom stereocenters. The number of carbonyl (C=O) groups is 1. The molecule has 2 aliphatic rings. The lowest BCUT2D eigenvalue weighted by atomic mass is 9.85. The standard InChI is InChI=1S/C24H29Cl2N7O2/c25-17-5-2-6-18(26)20(17)31-24-30-19-12-28-23(29-14-3-1-4-16(34)11-14)32-22(19)33(24)15-9-7-13(8-10-15)21(27)35/h2,5-6,12-16,34H,1,3-4,7-11H2,(H2,27,35)(H,30,31)(H,28,29,32)/t13?,14-,15?,16+/m1/s1. The molecule has 2 fully saturated rings. The van der Waals surface area contributed by atoms with Crippen LogP contribution in [-0.4, -0.2) is 42.7 Å². The molecule has 2 aromatic heterocycles. The summed E-state index contributed by atoms with van der Waals surface area (Å²) in [6.45, 7) is 0. The Bertz CT molecular complexity index is 1210. The quantitative estimate of drug-likeness (QED) is 0.368. The molecule has 2 heterocycles. The van der Waals surface area contributed by atoms with Gasteiger partial charge in [0.1, 0.15) is 5.52 Å². The first-order valence-corrected chi connectivity index (χ1v) is 12.8. The van der Waals surface area contributed by atoms with Gasteiger partial charge >= 0.3 is 0 Å². The third-order valence-electron chi connectivity index (χ3n) is 7.08. The SMILES string of the molecule is NC(=O)C1CCC(n2c(Nc3c(Cl)cccc3Cl)nc3cnc(N[C@@H]4CCC[C@H](O)C4)nc32)CC1. The Morgan fingerprint density at radius 2 is 1.83 bits per heavy atom. The molecule has 1 amide bonds. The maximum atomic E-state index is 11.7. The van der Waals surface area contributed by atoms with Gasteiger partial charge in [-0.05, 0) is 63.5 Å². The minimum atomic E-state index is -0.299. The highest BCUT2D eigenvalue weighted by Crippen LogP contribution is 2.39. The largest absolute Gasteiger partial charge is 0.393 e. The molecule has 1 aromatic carbocycles. The topological polar surface area (TPSA) is 131 Å². The molecule has 186 valence electrons. The molecule has 0 bridgehead atoms. The average molecular weight is 518 g/mol. The highest BCUT2D eigenvalue weighted by molar-refractivity contribution is 6.39. The third kappa shape index (κ3) is 5.17. The second-order valence-electron chi connectivity index (χ2n) is 9.50. The number of aromatic nitrogens is 4. The van der Waals surface area contributed by atoms with Gasteiger partial charge in [0.25, 0.3) is 0 Å². The van der Waals surface area contributed by atoms with Crippen molar-refractivity contribution in [3.05, 3.63) is 34.4 Å². The molecule has 2 saturated carbocycles. The van der Waals surface area contributed by atoms with Crippen LogP contribution in [0.3, 0.4) is 0 Å². The van der Waals surface area contributed by atoms with E-state index in [9.17, 15) is 9.90 Å². The second kappa shape index (κ2) is 10.2. The summed E-state index contributed by atoms with van der Waals surface area (Å²) in [6, 6.07) is 5.51. The molecule has 5 rings (SSSR count). The molecule has 9 nitrogen and oxygen atoms in total. The molecule has 0 radical (unpaired) electrons. The summed E-state index contributed by atoms with van der Waals surface area (Å²) in [5, 5.41) is 17.7. The number of fused-ring (bicyclic) bond motifs is 1. The number of nitrogens with one attached hydrogen (secondary N) is 2. The number of primary amides is 1. The summed E-state index contributed by atoms with van der Waals surface area (Å²) in [5.74, 6) is 0.714. The van der Waals surface area contributed by atoms with Crippen molar-refractivity contribution in [3.63, 3.8) is 0 Å².